The summed E-state index contributed by atoms with van der Waals surface area (Å²) >= 11 is 12.0. The monoisotopic (exact) mass is 383 g/mol. The molecular formula is C18H11Cl2N5O. The number of benzene rings is 2. The van der Waals surface area contributed by atoms with Crippen LogP contribution >= 0.6 is 23.2 Å². The topological polar surface area (TPSA) is 90.7 Å². The number of rotatable bonds is 4. The Balaban J connectivity index is 1.69. The van der Waals surface area contributed by atoms with Crippen molar-refractivity contribution in [2.75, 3.05) is 10.6 Å². The van der Waals surface area contributed by atoms with Crippen LogP contribution in [0.3, 0.4) is 0 Å². The summed E-state index contributed by atoms with van der Waals surface area (Å²) in [5, 5.41) is 22.9. The predicted octanol–water partition coefficient (Wildman–Crippen LogP) is 4.65. The van der Waals surface area contributed by atoms with Crippen molar-refractivity contribution in [2.24, 2.45) is 0 Å². The number of hydrogen-bond acceptors (Lipinski definition) is 5. The van der Waals surface area contributed by atoms with E-state index in [0.29, 0.717) is 22.1 Å². The highest BCUT2D eigenvalue weighted by Crippen LogP contribution is 2.29. The third-order valence-corrected chi connectivity index (χ3v) is 4.20. The molecule has 6 nitrogen and oxygen atoms in total. The zero-order chi connectivity index (χ0) is 18.5. The molecule has 1 aromatic heterocycles. The second-order valence-electron chi connectivity index (χ2n) is 5.17. The van der Waals surface area contributed by atoms with E-state index < -0.39 is 5.91 Å². The highest BCUT2D eigenvalue weighted by atomic mass is 35.5. The van der Waals surface area contributed by atoms with Crippen molar-refractivity contribution >= 4 is 46.3 Å². The minimum atomic E-state index is -0.452. The van der Waals surface area contributed by atoms with Crippen molar-refractivity contribution in [2.45, 2.75) is 0 Å². The molecule has 0 atom stereocenters. The number of anilines is 3. The molecule has 1 amide bonds. The van der Waals surface area contributed by atoms with Crippen LogP contribution in [-0.4, -0.2) is 16.1 Å². The third kappa shape index (κ3) is 4.09. The van der Waals surface area contributed by atoms with Gasteiger partial charge in [-0.2, -0.15) is 5.26 Å². The van der Waals surface area contributed by atoms with Gasteiger partial charge in [0.15, 0.2) is 11.5 Å². The van der Waals surface area contributed by atoms with Crippen LogP contribution in [-0.2, 0) is 0 Å². The molecule has 0 saturated carbocycles. The maximum Gasteiger partial charge on any atom is 0.276 e. The van der Waals surface area contributed by atoms with Crippen LogP contribution in [0, 0.1) is 11.3 Å². The normalized spacial score (nSPS) is 10.0. The van der Waals surface area contributed by atoms with Gasteiger partial charge < -0.3 is 10.6 Å². The highest BCUT2D eigenvalue weighted by molar-refractivity contribution is 6.44. The van der Waals surface area contributed by atoms with Crippen LogP contribution in [0.2, 0.25) is 10.0 Å². The minimum absolute atomic E-state index is 0.131. The van der Waals surface area contributed by atoms with E-state index in [0.717, 1.165) is 5.69 Å². The second-order valence-corrected chi connectivity index (χ2v) is 5.96. The molecule has 0 bridgehead atoms. The van der Waals surface area contributed by atoms with Gasteiger partial charge in [0.1, 0.15) is 0 Å². The highest BCUT2D eigenvalue weighted by Gasteiger charge is 2.12. The fraction of sp³-hybridized carbons (Fsp3) is 0. The quantitative estimate of drug-likeness (QED) is 0.683. The van der Waals surface area contributed by atoms with E-state index in [1.54, 1.807) is 48.5 Å². The molecule has 26 heavy (non-hydrogen) atoms. The second kappa shape index (κ2) is 7.83. The Hall–Kier alpha value is -3.14. The number of hydrogen-bond donors (Lipinski definition) is 2. The first kappa shape index (κ1) is 17.7. The summed E-state index contributed by atoms with van der Waals surface area (Å²) in [7, 11) is 0. The number of nitriles is 1. The largest absolute Gasteiger partial charge is 0.339 e. The summed E-state index contributed by atoms with van der Waals surface area (Å²) in [5.41, 5.74) is 1.84. The molecular weight excluding hydrogens is 373 g/mol. The van der Waals surface area contributed by atoms with Gasteiger partial charge in [-0.15, -0.1) is 10.2 Å². The average Bonchev–Trinajstić information content (AvgIpc) is 2.66. The van der Waals surface area contributed by atoms with Crippen LogP contribution in [0.25, 0.3) is 0 Å². The smallest absolute Gasteiger partial charge is 0.276 e. The van der Waals surface area contributed by atoms with Gasteiger partial charge in [0.05, 0.1) is 27.4 Å². The Labute approximate surface area is 159 Å². The number of nitrogens with zero attached hydrogens (tertiary/aromatic N) is 3. The average molecular weight is 384 g/mol. The zero-order valence-corrected chi connectivity index (χ0v) is 14.7. The summed E-state index contributed by atoms with van der Waals surface area (Å²) in [5.74, 6) is 0.0126. The van der Waals surface area contributed by atoms with E-state index in [-0.39, 0.29) is 10.7 Å². The molecule has 8 heteroatoms. The molecule has 0 saturated heterocycles. The molecule has 3 aromatic rings. The number of amides is 1. The minimum Gasteiger partial charge on any atom is -0.339 e. The Kier molecular flexibility index (Phi) is 5.32. The van der Waals surface area contributed by atoms with Crippen LogP contribution in [0.4, 0.5) is 17.2 Å². The molecule has 0 aliphatic carbocycles. The van der Waals surface area contributed by atoms with Gasteiger partial charge in [-0.05, 0) is 48.5 Å². The summed E-state index contributed by atoms with van der Waals surface area (Å²) in [4.78, 5) is 12.3. The van der Waals surface area contributed by atoms with Crippen LogP contribution in [0.5, 0.6) is 0 Å². The van der Waals surface area contributed by atoms with Crippen LogP contribution in [0.15, 0.2) is 54.6 Å². The predicted molar refractivity (Wildman–Crippen MR) is 101 cm³/mol. The van der Waals surface area contributed by atoms with Gasteiger partial charge >= 0.3 is 0 Å². The van der Waals surface area contributed by atoms with E-state index >= 15 is 0 Å². The van der Waals surface area contributed by atoms with Crippen molar-refractivity contribution in [3.63, 3.8) is 0 Å². The Morgan fingerprint density at radius 3 is 2.42 bits per heavy atom. The summed E-state index contributed by atoms with van der Waals surface area (Å²) in [6.45, 7) is 0. The maximum atomic E-state index is 12.3. The van der Waals surface area contributed by atoms with Crippen LogP contribution in [0.1, 0.15) is 16.1 Å². The number of carbonyl (C=O) groups excluding carboxylic acids is 1. The zero-order valence-electron chi connectivity index (χ0n) is 13.2. The molecule has 0 aliphatic rings. The lowest BCUT2D eigenvalue weighted by molar-refractivity contribution is 0.102. The molecule has 128 valence electrons. The van der Waals surface area contributed by atoms with E-state index in [9.17, 15) is 4.79 Å². The summed E-state index contributed by atoms with van der Waals surface area (Å²) in [6, 6.07) is 17.0. The number of aromatic nitrogens is 2. The Morgan fingerprint density at radius 1 is 1.00 bits per heavy atom. The fourth-order valence-corrected chi connectivity index (χ4v) is 2.43. The Bertz CT molecular complexity index is 982. The molecule has 3 rings (SSSR count). The third-order valence-electron chi connectivity index (χ3n) is 3.38. The number of carbonyl (C=O) groups is 1. The van der Waals surface area contributed by atoms with Crippen molar-refractivity contribution in [3.05, 3.63) is 75.9 Å². The first-order valence-electron chi connectivity index (χ1n) is 7.43. The van der Waals surface area contributed by atoms with Crippen molar-refractivity contribution in [1.29, 1.82) is 5.26 Å². The van der Waals surface area contributed by atoms with Gasteiger partial charge in [-0.1, -0.05) is 29.3 Å². The maximum absolute atomic E-state index is 12.3. The van der Waals surface area contributed by atoms with Crippen molar-refractivity contribution < 1.29 is 4.79 Å². The fourth-order valence-electron chi connectivity index (χ4n) is 2.08. The van der Waals surface area contributed by atoms with Gasteiger partial charge in [-0.3, -0.25) is 4.79 Å². The lowest BCUT2D eigenvalue weighted by Crippen LogP contribution is -2.15. The van der Waals surface area contributed by atoms with Crippen molar-refractivity contribution in [3.8, 4) is 6.07 Å². The van der Waals surface area contributed by atoms with Gasteiger partial charge in [-0.25, -0.2) is 0 Å². The van der Waals surface area contributed by atoms with E-state index in [4.69, 9.17) is 28.5 Å². The van der Waals surface area contributed by atoms with E-state index in [1.165, 1.54) is 6.07 Å². The summed E-state index contributed by atoms with van der Waals surface area (Å²) in [6.07, 6.45) is 0. The molecule has 0 unspecified atom stereocenters. The van der Waals surface area contributed by atoms with E-state index in [1.807, 2.05) is 6.07 Å². The first-order chi connectivity index (χ1) is 12.6. The van der Waals surface area contributed by atoms with Gasteiger partial charge in [0.2, 0.25) is 0 Å². The molecule has 0 aliphatic heterocycles. The lowest BCUT2D eigenvalue weighted by atomic mass is 10.2. The lowest BCUT2D eigenvalue weighted by Gasteiger charge is -2.08. The van der Waals surface area contributed by atoms with Gasteiger partial charge in [0.25, 0.3) is 5.91 Å². The first-order valence-corrected chi connectivity index (χ1v) is 8.18. The molecule has 2 aromatic carbocycles. The molecule has 1 heterocycles. The number of nitrogens with one attached hydrogen (secondary N) is 2. The molecule has 2 N–H and O–H groups in total. The Morgan fingerprint density at radius 2 is 1.77 bits per heavy atom. The summed E-state index contributed by atoms with van der Waals surface area (Å²) < 4.78 is 0. The molecule has 0 fully saturated rings. The van der Waals surface area contributed by atoms with Crippen molar-refractivity contribution in [1.82, 2.24) is 10.2 Å². The van der Waals surface area contributed by atoms with E-state index in [2.05, 4.69) is 20.8 Å². The standard InChI is InChI=1S/C18H11Cl2N5O/c19-13-2-1-3-14(17(13)20)23-18(26)15-8-9-16(25-24-15)22-12-6-4-11(10-21)5-7-12/h1-9H,(H,22,25)(H,23,26). The number of halogens is 2. The van der Waals surface area contributed by atoms with Gasteiger partial charge in [0, 0.05) is 5.69 Å². The van der Waals surface area contributed by atoms with Crippen LogP contribution < -0.4 is 10.6 Å². The SMILES string of the molecule is N#Cc1ccc(Nc2ccc(C(=O)Nc3cccc(Cl)c3Cl)nn2)cc1. The molecule has 0 radical (unpaired) electrons. The molecule has 0 spiro atoms.